The summed E-state index contributed by atoms with van der Waals surface area (Å²) in [6.07, 6.45) is 1.72. The molecule has 0 N–H and O–H groups in total. The molecule has 500 valence electrons. The van der Waals surface area contributed by atoms with Gasteiger partial charge in [-0.3, -0.25) is 0 Å². The Bertz CT molecular complexity index is 6560. The molecule has 0 aliphatic rings. The molecule has 0 aliphatic heterocycles. The second-order valence-electron chi connectivity index (χ2n) is 27.7. The Hall–Kier alpha value is -13.5. The first-order valence-electron chi connectivity index (χ1n) is 36.4. The molecule has 4 aromatic heterocycles. The van der Waals surface area contributed by atoms with E-state index in [4.69, 9.17) is 8.75 Å². The molecule has 0 atom stereocenters. The molecule has 4 heterocycles. The van der Waals surface area contributed by atoms with Crippen LogP contribution >= 0.6 is 11.7 Å². The number of para-hydroxylation sites is 7. The van der Waals surface area contributed by atoms with Crippen LogP contribution in [-0.2, 0) is 12.8 Å². The summed E-state index contributed by atoms with van der Waals surface area (Å²) in [5.41, 5.74) is 33.4. The molecule has 0 aliphatic carbocycles. The predicted octanol–water partition coefficient (Wildman–Crippen LogP) is 26.5. The van der Waals surface area contributed by atoms with E-state index < -0.39 is 0 Å². The molecule has 0 saturated carbocycles. The van der Waals surface area contributed by atoms with Crippen LogP contribution in [0, 0.1) is 6.92 Å². The number of benzene rings is 16. The topological polar surface area (TPSA) is 43.8 Å². The lowest BCUT2D eigenvalue weighted by molar-refractivity contribution is 0.962. The molecule has 20 aromatic rings. The highest BCUT2D eigenvalue weighted by Gasteiger charge is 2.23. The lowest BCUT2D eigenvalue weighted by Crippen LogP contribution is -2.10. The van der Waals surface area contributed by atoms with Gasteiger partial charge in [0.15, 0.2) is 0 Å². The van der Waals surface area contributed by atoms with Gasteiger partial charge in [-0.1, -0.05) is 249 Å². The van der Waals surface area contributed by atoms with Crippen molar-refractivity contribution in [2.24, 2.45) is 0 Å². The second kappa shape index (κ2) is 26.1. The van der Waals surface area contributed by atoms with Crippen molar-refractivity contribution in [3.63, 3.8) is 0 Å². The van der Waals surface area contributed by atoms with E-state index in [9.17, 15) is 0 Å². The largest absolute Gasteiger partial charge is 0.309 e. The lowest BCUT2D eigenvalue weighted by atomic mass is 9.88. The van der Waals surface area contributed by atoms with Crippen molar-refractivity contribution in [1.82, 2.24) is 22.4 Å². The van der Waals surface area contributed by atoms with E-state index in [0.717, 1.165) is 69.1 Å². The molecule has 16 aromatic carbocycles. The Balaban J connectivity index is 0.599. The van der Waals surface area contributed by atoms with Gasteiger partial charge in [-0.05, 0) is 219 Å². The summed E-state index contributed by atoms with van der Waals surface area (Å²) in [6, 6.07) is 136. The molecular formula is C99H68N6S. The van der Waals surface area contributed by atoms with Gasteiger partial charge in [0, 0.05) is 66.3 Å². The van der Waals surface area contributed by atoms with Crippen molar-refractivity contribution in [3.8, 4) is 83.8 Å². The number of aryl methyl sites for hydroxylation is 3. The van der Waals surface area contributed by atoms with Gasteiger partial charge in [-0.25, -0.2) is 0 Å². The molecule has 106 heavy (non-hydrogen) atoms. The summed E-state index contributed by atoms with van der Waals surface area (Å²) in [5, 5.41) is 7.55. The smallest absolute Gasteiger partial charge is 0.129 e. The number of rotatable bonds is 15. The zero-order chi connectivity index (χ0) is 70.2. The van der Waals surface area contributed by atoms with E-state index >= 15 is 0 Å². The van der Waals surface area contributed by atoms with Crippen LogP contribution in [0.4, 0.5) is 17.1 Å². The minimum atomic E-state index is 0.857. The predicted molar refractivity (Wildman–Crippen MR) is 446 cm³/mol. The van der Waals surface area contributed by atoms with E-state index in [0.29, 0.717) is 0 Å². The Morgan fingerprint density at radius 3 is 1.05 bits per heavy atom. The molecule has 0 saturated heterocycles. The zero-order valence-corrected chi connectivity index (χ0v) is 59.0. The van der Waals surface area contributed by atoms with Crippen molar-refractivity contribution in [2.75, 3.05) is 4.90 Å². The fourth-order valence-corrected chi connectivity index (χ4v) is 17.0. The van der Waals surface area contributed by atoms with Gasteiger partial charge in [0.05, 0.1) is 50.5 Å². The second-order valence-corrected chi connectivity index (χ2v) is 28.3. The quantitative estimate of drug-likeness (QED) is 0.103. The molecule has 0 bridgehead atoms. The number of nitrogens with zero attached hydrogens (tertiary/aromatic N) is 6. The maximum atomic E-state index is 5.03. The molecular weight excluding hydrogens is 1310 g/mol. The highest BCUT2D eigenvalue weighted by atomic mass is 32.1. The van der Waals surface area contributed by atoms with Crippen LogP contribution in [0.5, 0.6) is 0 Å². The van der Waals surface area contributed by atoms with Crippen LogP contribution in [0.15, 0.2) is 370 Å². The van der Waals surface area contributed by atoms with E-state index in [2.05, 4.69) is 396 Å². The fourth-order valence-electron chi connectivity index (χ4n) is 16.4. The lowest BCUT2D eigenvalue weighted by Gasteiger charge is -2.26. The van der Waals surface area contributed by atoms with Gasteiger partial charge in [0.2, 0.25) is 0 Å². The first-order valence-corrected chi connectivity index (χ1v) is 37.1. The van der Waals surface area contributed by atoms with Crippen LogP contribution in [0.3, 0.4) is 0 Å². The van der Waals surface area contributed by atoms with Gasteiger partial charge < -0.3 is 18.6 Å². The average Bonchev–Trinajstić information content (AvgIpc) is 1.56. The van der Waals surface area contributed by atoms with Crippen molar-refractivity contribution >= 4 is 105 Å². The average molecular weight is 1370 g/mol. The van der Waals surface area contributed by atoms with Crippen LogP contribution < -0.4 is 4.90 Å². The molecule has 20 rings (SSSR count). The number of anilines is 3. The first-order chi connectivity index (χ1) is 52.5. The highest BCUT2D eigenvalue weighted by Crippen LogP contribution is 2.44. The maximum Gasteiger partial charge on any atom is 0.129 e. The Morgan fingerprint density at radius 1 is 0.264 bits per heavy atom. The Kier molecular flexibility index (Phi) is 15.4. The Morgan fingerprint density at radius 2 is 0.604 bits per heavy atom. The van der Waals surface area contributed by atoms with Crippen molar-refractivity contribution in [2.45, 2.75) is 19.8 Å². The van der Waals surface area contributed by atoms with Crippen molar-refractivity contribution in [1.29, 1.82) is 0 Å². The third-order valence-electron chi connectivity index (χ3n) is 21.7. The molecule has 0 fully saturated rings. The third-order valence-corrected chi connectivity index (χ3v) is 22.2. The van der Waals surface area contributed by atoms with Crippen LogP contribution in [0.1, 0.15) is 16.7 Å². The molecule has 0 amide bonds. The van der Waals surface area contributed by atoms with Gasteiger partial charge >= 0.3 is 0 Å². The number of hydrogen-bond donors (Lipinski definition) is 0. The van der Waals surface area contributed by atoms with E-state index in [1.54, 1.807) is 0 Å². The summed E-state index contributed by atoms with van der Waals surface area (Å²) in [7, 11) is 0. The maximum absolute atomic E-state index is 5.03. The zero-order valence-electron chi connectivity index (χ0n) is 58.2. The van der Waals surface area contributed by atoms with Gasteiger partial charge in [0.1, 0.15) is 11.0 Å². The molecule has 6 nitrogen and oxygen atoms in total. The minimum Gasteiger partial charge on any atom is -0.309 e. The van der Waals surface area contributed by atoms with Crippen LogP contribution in [0.2, 0.25) is 0 Å². The van der Waals surface area contributed by atoms with Gasteiger partial charge in [-0.15, -0.1) is 0 Å². The van der Waals surface area contributed by atoms with E-state index in [1.165, 1.54) is 149 Å². The molecule has 0 spiro atoms. The van der Waals surface area contributed by atoms with Gasteiger partial charge in [0.25, 0.3) is 0 Å². The first kappa shape index (κ1) is 62.3. The summed E-state index contributed by atoms with van der Waals surface area (Å²) < 4.78 is 17.2. The van der Waals surface area contributed by atoms with Gasteiger partial charge in [-0.2, -0.15) is 8.75 Å². The highest BCUT2D eigenvalue weighted by molar-refractivity contribution is 7.00. The van der Waals surface area contributed by atoms with Crippen LogP contribution in [0.25, 0.3) is 160 Å². The Labute approximate surface area is 618 Å². The fraction of sp³-hybridized carbons (Fsp3) is 0.0303. The van der Waals surface area contributed by atoms with E-state index in [1.807, 2.05) is 0 Å². The summed E-state index contributed by atoms with van der Waals surface area (Å²) in [4.78, 5) is 2.31. The van der Waals surface area contributed by atoms with Crippen molar-refractivity contribution < 1.29 is 0 Å². The number of hydrogen-bond acceptors (Lipinski definition) is 4. The molecule has 7 heteroatoms. The summed E-state index contributed by atoms with van der Waals surface area (Å²) >= 11 is 1.26. The van der Waals surface area contributed by atoms with Crippen LogP contribution in [-0.4, -0.2) is 22.4 Å². The standard InChI is InChI=1S/C99H68N6S/c1-65-31-35-75(71-43-39-67(40-44-71)69-49-53-79(54-50-69)103-91-25-11-5-19-83(91)84-20-6-12-26-92(84)103)63-89(65)90-64-76(72-45-41-68(42-46-72)70-51-55-80(56-52-70)104-93-27-13-7-21-85(93)86-22-8-14-28-94(86)104)48-47-74(90)38-34-66-32-36-73(37-33-66)82-61-62-97(99-98(82)100-106-101-99)102(77-17-3-2-4-18-77)78-57-59-81(60-58-78)105-95-29-15-9-23-87(95)88-24-10-16-30-96(88)105/h2-33,35-37,39-64H,34,38H2,1H3. The normalized spacial score (nSPS) is 11.7. The summed E-state index contributed by atoms with van der Waals surface area (Å²) in [5.74, 6) is 0. The number of aromatic nitrogens is 5. The monoisotopic (exact) mass is 1370 g/mol. The molecule has 0 radical (unpaired) electrons. The number of fused-ring (bicyclic) bond motifs is 10. The minimum absolute atomic E-state index is 0.857. The summed E-state index contributed by atoms with van der Waals surface area (Å²) in [6.45, 7) is 2.26. The van der Waals surface area contributed by atoms with E-state index in [-0.39, 0.29) is 0 Å². The SMILES string of the molecule is Cc1ccc(-c2ccc(-c3ccc(-n4c5ccccc5c5ccccc54)cc3)cc2)cc1-c1cc(-c2ccc(-c3ccc(-n4c5ccccc5c5ccccc54)cc3)cc2)ccc1CCc1ccc(-c2ccc(N(c3ccccc3)c3ccc(-n4c5ccccc5c5ccccc54)cc3)c3nsnc23)cc1. The third kappa shape index (κ3) is 10.9. The van der Waals surface area contributed by atoms with Crippen molar-refractivity contribution in [3.05, 3.63) is 387 Å². The molecule has 0 unspecified atom stereocenters.